The van der Waals surface area contributed by atoms with Gasteiger partial charge in [-0.3, -0.25) is 0 Å². The van der Waals surface area contributed by atoms with Crippen LogP contribution in [0.5, 0.6) is 5.75 Å². The van der Waals surface area contributed by atoms with Gasteiger partial charge in [0, 0.05) is 12.4 Å². The maximum atomic E-state index is 5.56. The lowest BCUT2D eigenvalue weighted by Gasteiger charge is -2.06. The number of benzene rings is 1. The van der Waals surface area contributed by atoms with Crippen molar-refractivity contribution in [3.63, 3.8) is 0 Å². The first kappa shape index (κ1) is 12.8. The SMILES string of the molecule is COc1ccc(CCNCCCl)cc1Br. The molecule has 4 heteroatoms. The Morgan fingerprint density at radius 2 is 2.20 bits per heavy atom. The van der Waals surface area contributed by atoms with Crippen LogP contribution in [0.1, 0.15) is 5.56 Å². The zero-order chi connectivity index (χ0) is 11.1. The monoisotopic (exact) mass is 291 g/mol. The highest BCUT2D eigenvalue weighted by molar-refractivity contribution is 9.10. The van der Waals surface area contributed by atoms with E-state index in [0.717, 1.165) is 29.7 Å². The van der Waals surface area contributed by atoms with Crippen molar-refractivity contribution < 1.29 is 4.74 Å². The lowest BCUT2D eigenvalue weighted by molar-refractivity contribution is 0.412. The van der Waals surface area contributed by atoms with E-state index in [9.17, 15) is 0 Å². The quantitative estimate of drug-likeness (QED) is 0.643. The number of ether oxygens (including phenoxy) is 1. The van der Waals surface area contributed by atoms with E-state index >= 15 is 0 Å². The lowest BCUT2D eigenvalue weighted by atomic mass is 10.1. The number of alkyl halides is 1. The van der Waals surface area contributed by atoms with E-state index in [0.29, 0.717) is 5.88 Å². The predicted octanol–water partition coefficient (Wildman–Crippen LogP) is 2.83. The molecule has 1 N–H and O–H groups in total. The molecule has 0 aliphatic carbocycles. The summed E-state index contributed by atoms with van der Waals surface area (Å²) in [6, 6.07) is 6.13. The van der Waals surface area contributed by atoms with Crippen molar-refractivity contribution in [3.05, 3.63) is 28.2 Å². The molecule has 0 amide bonds. The van der Waals surface area contributed by atoms with Gasteiger partial charge in [-0.25, -0.2) is 0 Å². The average Bonchev–Trinajstić information content (AvgIpc) is 2.25. The Balaban J connectivity index is 2.45. The zero-order valence-electron chi connectivity index (χ0n) is 8.72. The second kappa shape index (κ2) is 7.09. The second-order valence-electron chi connectivity index (χ2n) is 3.16. The van der Waals surface area contributed by atoms with Crippen molar-refractivity contribution in [1.29, 1.82) is 0 Å². The normalized spacial score (nSPS) is 10.3. The van der Waals surface area contributed by atoms with E-state index in [1.54, 1.807) is 7.11 Å². The van der Waals surface area contributed by atoms with E-state index in [1.807, 2.05) is 6.07 Å². The van der Waals surface area contributed by atoms with E-state index in [2.05, 4.69) is 33.4 Å². The third kappa shape index (κ3) is 4.41. The van der Waals surface area contributed by atoms with Gasteiger partial charge in [-0.15, -0.1) is 11.6 Å². The highest BCUT2D eigenvalue weighted by Crippen LogP contribution is 2.25. The molecule has 0 aromatic heterocycles. The molecule has 0 fully saturated rings. The smallest absolute Gasteiger partial charge is 0.133 e. The fourth-order valence-corrected chi connectivity index (χ4v) is 2.01. The van der Waals surface area contributed by atoms with E-state index in [1.165, 1.54) is 5.56 Å². The largest absolute Gasteiger partial charge is 0.496 e. The fourth-order valence-electron chi connectivity index (χ4n) is 1.29. The Hall–Kier alpha value is -0.250. The molecule has 1 aromatic rings. The molecule has 1 aromatic carbocycles. The van der Waals surface area contributed by atoms with Crippen LogP contribution < -0.4 is 10.1 Å². The van der Waals surface area contributed by atoms with Crippen molar-refractivity contribution in [2.45, 2.75) is 6.42 Å². The molecule has 0 radical (unpaired) electrons. The predicted molar refractivity (Wildman–Crippen MR) is 68.0 cm³/mol. The number of halogens is 2. The average molecular weight is 293 g/mol. The van der Waals surface area contributed by atoms with Crippen LogP contribution in [0.2, 0.25) is 0 Å². The van der Waals surface area contributed by atoms with Crippen LogP contribution in [0, 0.1) is 0 Å². The second-order valence-corrected chi connectivity index (χ2v) is 4.39. The number of nitrogens with one attached hydrogen (secondary N) is 1. The maximum Gasteiger partial charge on any atom is 0.133 e. The first-order valence-corrected chi connectivity index (χ1v) is 6.19. The third-order valence-corrected chi connectivity index (χ3v) is 2.89. The molecular weight excluding hydrogens is 277 g/mol. The molecule has 0 aliphatic heterocycles. The molecule has 0 saturated heterocycles. The Morgan fingerprint density at radius 1 is 1.40 bits per heavy atom. The number of hydrogen-bond acceptors (Lipinski definition) is 2. The molecule has 0 atom stereocenters. The van der Waals surface area contributed by atoms with Gasteiger partial charge < -0.3 is 10.1 Å². The molecular formula is C11H15BrClNO. The van der Waals surface area contributed by atoms with Crippen LogP contribution in [-0.2, 0) is 6.42 Å². The van der Waals surface area contributed by atoms with Gasteiger partial charge in [-0.05, 0) is 46.6 Å². The zero-order valence-corrected chi connectivity index (χ0v) is 11.1. The standard InChI is InChI=1S/C11H15BrClNO/c1-15-11-3-2-9(8-10(11)12)4-6-14-7-5-13/h2-3,8,14H,4-7H2,1H3. The van der Waals surface area contributed by atoms with Gasteiger partial charge in [0.15, 0.2) is 0 Å². The summed E-state index contributed by atoms with van der Waals surface area (Å²) in [5.74, 6) is 1.53. The van der Waals surface area contributed by atoms with Crippen LogP contribution in [0.15, 0.2) is 22.7 Å². The van der Waals surface area contributed by atoms with Crippen LogP contribution in [-0.4, -0.2) is 26.1 Å². The van der Waals surface area contributed by atoms with E-state index in [4.69, 9.17) is 16.3 Å². The van der Waals surface area contributed by atoms with Gasteiger partial charge in [-0.1, -0.05) is 6.07 Å². The minimum absolute atomic E-state index is 0.659. The highest BCUT2D eigenvalue weighted by atomic mass is 79.9. The Labute approximate surface area is 104 Å². The van der Waals surface area contributed by atoms with Gasteiger partial charge in [0.2, 0.25) is 0 Å². The summed E-state index contributed by atoms with van der Waals surface area (Å²) in [5, 5.41) is 3.25. The molecule has 84 valence electrons. The van der Waals surface area contributed by atoms with Crippen LogP contribution in [0.3, 0.4) is 0 Å². The summed E-state index contributed by atoms with van der Waals surface area (Å²) in [4.78, 5) is 0. The van der Waals surface area contributed by atoms with Crippen molar-refractivity contribution in [2.24, 2.45) is 0 Å². The first-order valence-electron chi connectivity index (χ1n) is 4.87. The molecule has 0 unspecified atom stereocenters. The van der Waals surface area contributed by atoms with Crippen molar-refractivity contribution in [2.75, 3.05) is 26.1 Å². The summed E-state index contributed by atoms with van der Waals surface area (Å²) >= 11 is 9.02. The van der Waals surface area contributed by atoms with Crippen LogP contribution in [0.4, 0.5) is 0 Å². The summed E-state index contributed by atoms with van der Waals surface area (Å²) < 4.78 is 6.16. The van der Waals surface area contributed by atoms with Crippen molar-refractivity contribution in [3.8, 4) is 5.75 Å². The van der Waals surface area contributed by atoms with Gasteiger partial charge in [0.05, 0.1) is 11.6 Å². The van der Waals surface area contributed by atoms with Gasteiger partial charge in [0.25, 0.3) is 0 Å². The number of methoxy groups -OCH3 is 1. The van der Waals surface area contributed by atoms with Gasteiger partial charge >= 0.3 is 0 Å². The third-order valence-electron chi connectivity index (χ3n) is 2.08. The number of rotatable bonds is 6. The summed E-state index contributed by atoms with van der Waals surface area (Å²) in [5.41, 5.74) is 1.28. The minimum atomic E-state index is 0.659. The van der Waals surface area contributed by atoms with Crippen LogP contribution in [0.25, 0.3) is 0 Å². The molecule has 0 spiro atoms. The van der Waals surface area contributed by atoms with E-state index in [-0.39, 0.29) is 0 Å². The highest BCUT2D eigenvalue weighted by Gasteiger charge is 2.00. The van der Waals surface area contributed by atoms with Crippen LogP contribution >= 0.6 is 27.5 Å². The molecule has 0 heterocycles. The van der Waals surface area contributed by atoms with Crippen molar-refractivity contribution in [1.82, 2.24) is 5.32 Å². The molecule has 1 rings (SSSR count). The Bertz CT molecular complexity index is 307. The number of hydrogen-bond donors (Lipinski definition) is 1. The molecule has 0 saturated carbocycles. The first-order chi connectivity index (χ1) is 7.27. The fraction of sp³-hybridized carbons (Fsp3) is 0.455. The van der Waals surface area contributed by atoms with E-state index < -0.39 is 0 Å². The van der Waals surface area contributed by atoms with Gasteiger partial charge in [-0.2, -0.15) is 0 Å². The van der Waals surface area contributed by atoms with Crippen molar-refractivity contribution >= 4 is 27.5 Å². The molecule has 15 heavy (non-hydrogen) atoms. The summed E-state index contributed by atoms with van der Waals surface area (Å²) in [7, 11) is 1.67. The molecule has 2 nitrogen and oxygen atoms in total. The maximum absolute atomic E-state index is 5.56. The molecule has 0 aliphatic rings. The summed E-state index contributed by atoms with van der Waals surface area (Å²) in [6.07, 6.45) is 0.999. The topological polar surface area (TPSA) is 21.3 Å². The summed E-state index contributed by atoms with van der Waals surface area (Å²) in [6.45, 7) is 1.81. The van der Waals surface area contributed by atoms with Gasteiger partial charge in [0.1, 0.15) is 5.75 Å². The molecule has 0 bridgehead atoms. The Kier molecular flexibility index (Phi) is 6.06. The Morgan fingerprint density at radius 3 is 2.80 bits per heavy atom. The minimum Gasteiger partial charge on any atom is -0.496 e. The lowest BCUT2D eigenvalue weighted by Crippen LogP contribution is -2.19.